The number of thioether (sulfide) groups is 1. The molecule has 26 heavy (non-hydrogen) atoms. The van der Waals surface area contributed by atoms with Crippen molar-refractivity contribution < 1.29 is 13.9 Å². The summed E-state index contributed by atoms with van der Waals surface area (Å²) in [6, 6.07) is 7.43. The third-order valence-electron chi connectivity index (χ3n) is 3.56. The Bertz CT molecular complexity index is 884. The first-order chi connectivity index (χ1) is 12.7. The fourth-order valence-corrected chi connectivity index (χ4v) is 2.95. The van der Waals surface area contributed by atoms with Crippen LogP contribution in [0.5, 0.6) is 5.75 Å². The second-order valence-electron chi connectivity index (χ2n) is 5.38. The van der Waals surface area contributed by atoms with Gasteiger partial charge in [-0.2, -0.15) is 0 Å². The lowest BCUT2D eigenvalue weighted by molar-refractivity contribution is 0.200. The van der Waals surface area contributed by atoms with Crippen LogP contribution in [0.4, 0.5) is 4.79 Å². The summed E-state index contributed by atoms with van der Waals surface area (Å²) in [5.41, 5.74) is 2.50. The molecular formula is C18H18N4O3S. The average Bonchev–Trinajstić information content (AvgIpc) is 3.21. The molecule has 0 aliphatic heterocycles. The maximum Gasteiger partial charge on any atom is 0.412 e. The zero-order valence-corrected chi connectivity index (χ0v) is 15.2. The summed E-state index contributed by atoms with van der Waals surface area (Å²) < 4.78 is 10.6. The van der Waals surface area contributed by atoms with Crippen molar-refractivity contribution >= 4 is 17.9 Å². The number of aromatic nitrogens is 3. The Morgan fingerprint density at radius 2 is 2.12 bits per heavy atom. The number of amides is 1. The average molecular weight is 370 g/mol. The topological polar surface area (TPSA) is 90.1 Å². The summed E-state index contributed by atoms with van der Waals surface area (Å²) in [5, 5.41) is 10.3. The van der Waals surface area contributed by atoms with Crippen molar-refractivity contribution in [2.75, 3.05) is 12.8 Å². The largest absolute Gasteiger partial charge is 0.423 e. The van der Waals surface area contributed by atoms with E-state index in [1.807, 2.05) is 31.4 Å². The van der Waals surface area contributed by atoms with E-state index < -0.39 is 6.09 Å². The molecule has 3 aromatic rings. The van der Waals surface area contributed by atoms with E-state index in [4.69, 9.17) is 9.15 Å². The molecule has 7 nitrogen and oxygen atoms in total. The quantitative estimate of drug-likeness (QED) is 0.655. The molecule has 0 unspecified atom stereocenters. The Balaban J connectivity index is 1.92. The summed E-state index contributed by atoms with van der Waals surface area (Å²) in [6.45, 7) is 2.56. The number of ether oxygens (including phenoxy) is 1. The molecule has 1 amide bonds. The van der Waals surface area contributed by atoms with Crippen LogP contribution in [0.1, 0.15) is 13.3 Å². The van der Waals surface area contributed by atoms with Gasteiger partial charge in [0.15, 0.2) is 0 Å². The minimum atomic E-state index is -0.465. The van der Waals surface area contributed by atoms with E-state index in [1.165, 1.54) is 6.39 Å². The minimum Gasteiger partial charge on any atom is -0.423 e. The predicted octanol–water partition coefficient (Wildman–Crippen LogP) is 4.02. The predicted molar refractivity (Wildman–Crippen MR) is 99.1 cm³/mol. The lowest BCUT2D eigenvalue weighted by Gasteiger charge is -2.11. The van der Waals surface area contributed by atoms with E-state index in [9.17, 15) is 4.79 Å². The second kappa shape index (κ2) is 8.48. The lowest BCUT2D eigenvalue weighted by Crippen LogP contribution is -2.27. The molecule has 0 aliphatic carbocycles. The second-order valence-corrected chi connectivity index (χ2v) is 6.23. The van der Waals surface area contributed by atoms with E-state index in [0.717, 1.165) is 28.0 Å². The molecular weight excluding hydrogens is 352 g/mol. The first-order valence-electron chi connectivity index (χ1n) is 8.07. The van der Waals surface area contributed by atoms with Crippen LogP contribution in [0.15, 0.2) is 52.4 Å². The van der Waals surface area contributed by atoms with E-state index in [-0.39, 0.29) is 0 Å². The molecule has 1 N–H and O–H groups in total. The van der Waals surface area contributed by atoms with E-state index in [0.29, 0.717) is 18.2 Å². The summed E-state index contributed by atoms with van der Waals surface area (Å²) in [7, 11) is 0. The van der Waals surface area contributed by atoms with E-state index in [1.54, 1.807) is 30.2 Å². The van der Waals surface area contributed by atoms with Crippen LogP contribution in [0.2, 0.25) is 0 Å². The first-order valence-corrected chi connectivity index (χ1v) is 9.29. The molecule has 0 atom stereocenters. The number of pyridine rings is 1. The van der Waals surface area contributed by atoms with Crippen molar-refractivity contribution in [1.82, 2.24) is 20.5 Å². The Morgan fingerprint density at radius 1 is 1.27 bits per heavy atom. The molecule has 134 valence electrons. The monoisotopic (exact) mass is 370 g/mol. The molecule has 0 aliphatic rings. The zero-order valence-electron chi connectivity index (χ0n) is 14.4. The maximum absolute atomic E-state index is 11.8. The Kier molecular flexibility index (Phi) is 5.85. The third kappa shape index (κ3) is 4.20. The van der Waals surface area contributed by atoms with E-state index >= 15 is 0 Å². The van der Waals surface area contributed by atoms with Gasteiger partial charge < -0.3 is 14.5 Å². The normalized spacial score (nSPS) is 10.5. The molecule has 2 aromatic heterocycles. The highest BCUT2D eigenvalue weighted by molar-refractivity contribution is 7.98. The minimum absolute atomic E-state index is 0.399. The fraction of sp³-hybridized carbons (Fsp3) is 0.222. The maximum atomic E-state index is 11.8. The number of hydrogen-bond donors (Lipinski definition) is 1. The van der Waals surface area contributed by atoms with Gasteiger partial charge in [-0.3, -0.25) is 4.98 Å². The Hall–Kier alpha value is -2.87. The van der Waals surface area contributed by atoms with Crippen LogP contribution in [0, 0.1) is 0 Å². The molecule has 0 spiro atoms. The molecule has 2 heterocycles. The van der Waals surface area contributed by atoms with Crippen molar-refractivity contribution in [1.29, 1.82) is 0 Å². The highest BCUT2D eigenvalue weighted by Gasteiger charge is 2.12. The number of carbonyl (C=O) groups is 1. The highest BCUT2D eigenvalue weighted by atomic mass is 32.2. The van der Waals surface area contributed by atoms with Crippen LogP contribution in [-0.2, 0) is 0 Å². The van der Waals surface area contributed by atoms with Gasteiger partial charge in [0.2, 0.25) is 12.3 Å². The number of carbonyl (C=O) groups excluding carboxylic acids is 1. The molecule has 3 rings (SSSR count). The molecule has 0 radical (unpaired) electrons. The van der Waals surface area contributed by atoms with Crippen molar-refractivity contribution in [3.8, 4) is 28.3 Å². The highest BCUT2D eigenvalue weighted by Crippen LogP contribution is 2.34. The smallest absolute Gasteiger partial charge is 0.412 e. The first kappa shape index (κ1) is 17.9. The number of nitrogens with zero attached hydrogens (tertiary/aromatic N) is 3. The number of nitrogens with one attached hydrogen (secondary N) is 1. The molecule has 8 heteroatoms. The van der Waals surface area contributed by atoms with Crippen molar-refractivity contribution in [3.05, 3.63) is 43.1 Å². The summed E-state index contributed by atoms with van der Waals surface area (Å²) in [5.74, 6) is 0.867. The van der Waals surface area contributed by atoms with Gasteiger partial charge in [-0.1, -0.05) is 6.92 Å². The zero-order chi connectivity index (χ0) is 18.4. The number of benzene rings is 1. The fourth-order valence-electron chi connectivity index (χ4n) is 2.35. The molecule has 1 aromatic carbocycles. The van der Waals surface area contributed by atoms with Crippen molar-refractivity contribution in [3.63, 3.8) is 0 Å². The van der Waals surface area contributed by atoms with Gasteiger partial charge in [0.1, 0.15) is 5.75 Å². The number of rotatable bonds is 6. The molecule has 0 fully saturated rings. The standard InChI is InChI=1S/C18H18N4O3S/c1-3-6-20-18(23)25-14-4-5-16(26-2)15(8-14)12-7-13(10-19-9-12)17-22-21-11-24-17/h4-5,7-11H,3,6H2,1-2H3,(H,20,23). The molecule has 0 saturated heterocycles. The molecule has 0 bridgehead atoms. The van der Waals surface area contributed by atoms with Gasteiger partial charge in [-0.05, 0) is 36.9 Å². The third-order valence-corrected chi connectivity index (χ3v) is 4.35. The van der Waals surface area contributed by atoms with Gasteiger partial charge in [-0.15, -0.1) is 22.0 Å². The Labute approximate surface area is 155 Å². The summed E-state index contributed by atoms with van der Waals surface area (Å²) in [6.07, 6.45) is 7.05. The van der Waals surface area contributed by atoms with Gasteiger partial charge in [0.25, 0.3) is 0 Å². The molecule has 0 saturated carbocycles. The summed E-state index contributed by atoms with van der Waals surface area (Å²) >= 11 is 1.60. The van der Waals surface area contributed by atoms with Crippen LogP contribution in [0.3, 0.4) is 0 Å². The van der Waals surface area contributed by atoms with Crippen molar-refractivity contribution in [2.45, 2.75) is 18.2 Å². The van der Waals surface area contributed by atoms with Crippen LogP contribution in [-0.4, -0.2) is 34.1 Å². The lowest BCUT2D eigenvalue weighted by atomic mass is 10.1. The van der Waals surface area contributed by atoms with E-state index in [2.05, 4.69) is 20.5 Å². The van der Waals surface area contributed by atoms with Crippen LogP contribution in [0.25, 0.3) is 22.6 Å². The SMILES string of the molecule is CCCNC(=O)Oc1ccc(SC)c(-c2cncc(-c3nnco3)c2)c1. The van der Waals surface area contributed by atoms with Gasteiger partial charge >= 0.3 is 6.09 Å². The Morgan fingerprint density at radius 3 is 2.85 bits per heavy atom. The van der Waals surface area contributed by atoms with Gasteiger partial charge in [0, 0.05) is 35.0 Å². The summed E-state index contributed by atoms with van der Waals surface area (Å²) in [4.78, 5) is 17.1. The van der Waals surface area contributed by atoms with Crippen molar-refractivity contribution in [2.24, 2.45) is 0 Å². The van der Waals surface area contributed by atoms with Crippen LogP contribution >= 0.6 is 11.8 Å². The van der Waals surface area contributed by atoms with Gasteiger partial charge in [-0.25, -0.2) is 4.79 Å². The number of hydrogen-bond acceptors (Lipinski definition) is 7. The van der Waals surface area contributed by atoms with Crippen LogP contribution < -0.4 is 10.1 Å². The van der Waals surface area contributed by atoms with Gasteiger partial charge in [0.05, 0.1) is 5.56 Å².